The highest BCUT2D eigenvalue weighted by molar-refractivity contribution is 5.15. The molecule has 0 aliphatic carbocycles. The maximum Gasteiger partial charge on any atom is 0.180 e. The zero-order valence-electron chi connectivity index (χ0n) is 9.54. The zero-order valence-corrected chi connectivity index (χ0v) is 9.54. The third kappa shape index (κ3) is 2.33. The third-order valence-corrected chi connectivity index (χ3v) is 3.16. The van der Waals surface area contributed by atoms with E-state index in [0.717, 1.165) is 23.4 Å². The van der Waals surface area contributed by atoms with Gasteiger partial charge in [0.2, 0.25) is 0 Å². The van der Waals surface area contributed by atoms with Gasteiger partial charge in [-0.25, -0.2) is 0 Å². The third-order valence-electron chi connectivity index (χ3n) is 3.16. The van der Waals surface area contributed by atoms with Crippen molar-refractivity contribution in [3.8, 4) is 0 Å². The second-order valence-electron chi connectivity index (χ2n) is 4.42. The first-order valence-electron chi connectivity index (χ1n) is 5.79. The lowest BCUT2D eigenvalue weighted by molar-refractivity contribution is -0.605. The molecule has 1 aromatic heterocycles. The molecule has 2 atom stereocenters. The maximum absolute atomic E-state index is 11.0. The predicted octanol–water partition coefficient (Wildman–Crippen LogP) is 0.838. The van der Waals surface area contributed by atoms with Gasteiger partial charge in [-0.05, 0) is 38.4 Å². The average Bonchev–Trinajstić information content (AvgIpc) is 2.74. The number of hydrogen-bond acceptors (Lipinski definition) is 3. The van der Waals surface area contributed by atoms with Crippen LogP contribution in [0.1, 0.15) is 31.4 Å². The van der Waals surface area contributed by atoms with E-state index in [1.165, 1.54) is 25.2 Å². The SMILES string of the molecule is C[C@@H](O)[C@H](c1cc[n+]([O-])cc1)N1CCCC1. The first-order valence-corrected chi connectivity index (χ1v) is 5.79. The van der Waals surface area contributed by atoms with Gasteiger partial charge >= 0.3 is 0 Å². The van der Waals surface area contributed by atoms with Gasteiger partial charge in [0.15, 0.2) is 12.4 Å². The molecule has 88 valence electrons. The van der Waals surface area contributed by atoms with Crippen LogP contribution in [-0.4, -0.2) is 29.2 Å². The summed E-state index contributed by atoms with van der Waals surface area (Å²) in [5.74, 6) is 0. The second kappa shape index (κ2) is 4.80. The minimum atomic E-state index is -0.416. The van der Waals surface area contributed by atoms with Crippen molar-refractivity contribution in [2.45, 2.75) is 31.9 Å². The van der Waals surface area contributed by atoms with E-state index < -0.39 is 6.10 Å². The number of aliphatic hydroxyl groups excluding tert-OH is 1. The molecule has 1 aliphatic rings. The molecule has 1 N–H and O–H groups in total. The Hall–Kier alpha value is -1.13. The van der Waals surface area contributed by atoms with Gasteiger partial charge in [-0.15, -0.1) is 0 Å². The van der Waals surface area contributed by atoms with Gasteiger partial charge in [-0.1, -0.05) is 0 Å². The molecule has 0 saturated carbocycles. The summed E-state index contributed by atoms with van der Waals surface area (Å²) in [6.45, 7) is 3.87. The molecule has 0 aromatic carbocycles. The molecule has 4 heteroatoms. The van der Waals surface area contributed by atoms with Crippen molar-refractivity contribution in [2.24, 2.45) is 0 Å². The summed E-state index contributed by atoms with van der Waals surface area (Å²) in [5.41, 5.74) is 1.02. The molecule has 2 rings (SSSR count). The van der Waals surface area contributed by atoms with Crippen LogP contribution in [0.15, 0.2) is 24.5 Å². The molecule has 0 bridgehead atoms. The van der Waals surface area contributed by atoms with E-state index in [2.05, 4.69) is 4.90 Å². The quantitative estimate of drug-likeness (QED) is 0.609. The Morgan fingerprint density at radius 2 is 1.88 bits per heavy atom. The van der Waals surface area contributed by atoms with Crippen molar-refractivity contribution < 1.29 is 9.84 Å². The highest BCUT2D eigenvalue weighted by Gasteiger charge is 2.27. The van der Waals surface area contributed by atoms with E-state index in [1.54, 1.807) is 19.1 Å². The van der Waals surface area contributed by atoms with E-state index >= 15 is 0 Å². The van der Waals surface area contributed by atoms with Crippen molar-refractivity contribution in [1.29, 1.82) is 0 Å². The van der Waals surface area contributed by atoms with Crippen LogP contribution >= 0.6 is 0 Å². The normalized spacial score (nSPS) is 20.9. The van der Waals surface area contributed by atoms with E-state index in [-0.39, 0.29) is 6.04 Å². The molecule has 2 heterocycles. The van der Waals surface area contributed by atoms with Crippen molar-refractivity contribution in [3.05, 3.63) is 35.3 Å². The van der Waals surface area contributed by atoms with E-state index in [1.807, 2.05) is 0 Å². The first-order chi connectivity index (χ1) is 7.68. The van der Waals surface area contributed by atoms with Crippen LogP contribution in [0.5, 0.6) is 0 Å². The van der Waals surface area contributed by atoms with Gasteiger partial charge in [0.05, 0.1) is 12.1 Å². The fourth-order valence-electron chi connectivity index (χ4n) is 2.44. The smallest absolute Gasteiger partial charge is 0.180 e. The van der Waals surface area contributed by atoms with Crippen LogP contribution < -0.4 is 4.73 Å². The first kappa shape index (κ1) is 11.4. The van der Waals surface area contributed by atoms with Crippen LogP contribution in [0.4, 0.5) is 0 Å². The molecule has 0 spiro atoms. The molecule has 1 saturated heterocycles. The fraction of sp³-hybridized carbons (Fsp3) is 0.583. The monoisotopic (exact) mass is 222 g/mol. The minimum Gasteiger partial charge on any atom is -0.619 e. The minimum absolute atomic E-state index is 0.0173. The summed E-state index contributed by atoms with van der Waals surface area (Å²) in [6.07, 6.45) is 4.94. The largest absolute Gasteiger partial charge is 0.619 e. The lowest BCUT2D eigenvalue weighted by Gasteiger charge is -2.29. The Morgan fingerprint density at radius 3 is 2.38 bits per heavy atom. The number of aromatic nitrogens is 1. The Balaban J connectivity index is 2.21. The van der Waals surface area contributed by atoms with Crippen LogP contribution in [0, 0.1) is 5.21 Å². The summed E-state index contributed by atoms with van der Waals surface area (Å²) < 4.78 is 0.770. The Morgan fingerprint density at radius 1 is 1.31 bits per heavy atom. The van der Waals surface area contributed by atoms with E-state index in [9.17, 15) is 10.3 Å². The Kier molecular flexibility index (Phi) is 3.41. The zero-order chi connectivity index (χ0) is 11.5. The van der Waals surface area contributed by atoms with Gasteiger partial charge in [-0.2, -0.15) is 4.73 Å². The van der Waals surface area contributed by atoms with Crippen molar-refractivity contribution in [2.75, 3.05) is 13.1 Å². The Bertz CT molecular complexity index is 331. The number of rotatable bonds is 3. The number of aliphatic hydroxyl groups is 1. The van der Waals surface area contributed by atoms with Gasteiger partial charge in [0.25, 0.3) is 0 Å². The molecular formula is C12H18N2O2. The molecule has 0 amide bonds. The molecule has 0 radical (unpaired) electrons. The Labute approximate surface area is 95.7 Å². The number of likely N-dealkylation sites (tertiary alicyclic amines) is 1. The van der Waals surface area contributed by atoms with Gasteiger partial charge in [0, 0.05) is 12.1 Å². The molecule has 1 aliphatic heterocycles. The van der Waals surface area contributed by atoms with Crippen molar-refractivity contribution >= 4 is 0 Å². The summed E-state index contributed by atoms with van der Waals surface area (Å²) in [6, 6.07) is 3.61. The summed E-state index contributed by atoms with van der Waals surface area (Å²) in [7, 11) is 0. The molecule has 0 unspecified atom stereocenters. The van der Waals surface area contributed by atoms with Gasteiger partial charge < -0.3 is 10.3 Å². The average molecular weight is 222 g/mol. The lowest BCUT2D eigenvalue weighted by atomic mass is 10.0. The molecule has 1 aromatic rings. The van der Waals surface area contributed by atoms with Crippen LogP contribution in [0.3, 0.4) is 0 Å². The number of pyridine rings is 1. The van der Waals surface area contributed by atoms with Gasteiger partial charge in [0.1, 0.15) is 0 Å². The topological polar surface area (TPSA) is 50.4 Å². The standard InChI is InChI=1S/C12H18N2O2/c1-10(15)12(13-6-2-3-7-13)11-4-8-14(16)9-5-11/h4-5,8-10,12,15H,2-3,6-7H2,1H3/t10-,12-/m1/s1. The molecule has 16 heavy (non-hydrogen) atoms. The highest BCUT2D eigenvalue weighted by Crippen LogP contribution is 2.27. The lowest BCUT2D eigenvalue weighted by Crippen LogP contribution is -2.34. The van der Waals surface area contributed by atoms with Crippen molar-refractivity contribution in [1.82, 2.24) is 4.90 Å². The van der Waals surface area contributed by atoms with Gasteiger partial charge in [-0.3, -0.25) is 4.90 Å². The molecule has 4 nitrogen and oxygen atoms in total. The summed E-state index contributed by atoms with van der Waals surface area (Å²) in [4.78, 5) is 2.29. The van der Waals surface area contributed by atoms with Crippen LogP contribution in [-0.2, 0) is 0 Å². The number of nitrogens with zero attached hydrogens (tertiary/aromatic N) is 2. The predicted molar refractivity (Wildman–Crippen MR) is 60.6 cm³/mol. The summed E-state index contributed by atoms with van der Waals surface area (Å²) >= 11 is 0. The molecular weight excluding hydrogens is 204 g/mol. The van der Waals surface area contributed by atoms with E-state index in [0.29, 0.717) is 0 Å². The summed E-state index contributed by atoms with van der Waals surface area (Å²) in [5, 5.41) is 20.8. The van der Waals surface area contributed by atoms with E-state index in [4.69, 9.17) is 0 Å². The second-order valence-corrected chi connectivity index (χ2v) is 4.42. The van der Waals surface area contributed by atoms with Crippen LogP contribution in [0.2, 0.25) is 0 Å². The van der Waals surface area contributed by atoms with Crippen LogP contribution in [0.25, 0.3) is 0 Å². The fourth-order valence-corrected chi connectivity index (χ4v) is 2.44. The maximum atomic E-state index is 11.0. The highest BCUT2D eigenvalue weighted by atomic mass is 16.5. The van der Waals surface area contributed by atoms with Crippen molar-refractivity contribution in [3.63, 3.8) is 0 Å². The molecule has 1 fully saturated rings. The number of hydrogen-bond donors (Lipinski definition) is 1.